The molecule has 1 heterocycles. The Morgan fingerprint density at radius 1 is 1.16 bits per heavy atom. The SMILES string of the molecule is O=C(O)/C(O)=C/c1nnc(CCc2ccccc2)s1. The minimum absolute atomic E-state index is 0.392. The predicted octanol–water partition coefficient (Wildman–Crippen LogP) is 2.31. The van der Waals surface area contributed by atoms with Crippen molar-refractivity contribution in [2.45, 2.75) is 12.8 Å². The van der Waals surface area contributed by atoms with E-state index >= 15 is 0 Å². The van der Waals surface area contributed by atoms with Crippen LogP contribution in [0.15, 0.2) is 36.1 Å². The van der Waals surface area contributed by atoms with Crippen molar-refractivity contribution >= 4 is 23.4 Å². The number of nitrogens with zero attached hydrogens (tertiary/aromatic N) is 2. The van der Waals surface area contributed by atoms with Crippen LogP contribution >= 0.6 is 11.3 Å². The third kappa shape index (κ3) is 3.89. The molecular weight excluding hydrogens is 264 g/mol. The molecule has 2 N–H and O–H groups in total. The zero-order valence-electron chi connectivity index (χ0n) is 9.98. The molecule has 1 aromatic carbocycles. The number of rotatable bonds is 5. The molecule has 0 unspecified atom stereocenters. The van der Waals surface area contributed by atoms with Gasteiger partial charge in [0.15, 0.2) is 0 Å². The van der Waals surface area contributed by atoms with Gasteiger partial charge in [-0.15, -0.1) is 10.2 Å². The molecule has 2 rings (SSSR count). The zero-order valence-corrected chi connectivity index (χ0v) is 10.8. The third-order valence-electron chi connectivity index (χ3n) is 2.43. The molecule has 0 saturated carbocycles. The van der Waals surface area contributed by atoms with Gasteiger partial charge in [0.05, 0.1) is 0 Å². The molecule has 0 saturated heterocycles. The first-order chi connectivity index (χ1) is 9.15. The first kappa shape index (κ1) is 13.2. The van der Waals surface area contributed by atoms with Crippen LogP contribution in [-0.4, -0.2) is 26.4 Å². The number of benzene rings is 1. The minimum atomic E-state index is -1.37. The van der Waals surface area contributed by atoms with Crippen LogP contribution < -0.4 is 0 Å². The van der Waals surface area contributed by atoms with Crippen molar-refractivity contribution in [3.63, 3.8) is 0 Å². The van der Waals surface area contributed by atoms with Gasteiger partial charge < -0.3 is 10.2 Å². The van der Waals surface area contributed by atoms with Gasteiger partial charge in [-0.1, -0.05) is 41.7 Å². The molecule has 0 spiro atoms. The maximum Gasteiger partial charge on any atom is 0.371 e. The van der Waals surface area contributed by atoms with Crippen molar-refractivity contribution in [1.82, 2.24) is 10.2 Å². The monoisotopic (exact) mass is 276 g/mol. The number of carboxylic acid groups (broad SMARTS) is 1. The lowest BCUT2D eigenvalue weighted by molar-refractivity contribution is -0.135. The fourth-order valence-corrected chi connectivity index (χ4v) is 2.28. The van der Waals surface area contributed by atoms with Crippen LogP contribution in [0.2, 0.25) is 0 Å². The van der Waals surface area contributed by atoms with Crippen molar-refractivity contribution in [2.75, 3.05) is 0 Å². The summed E-state index contributed by atoms with van der Waals surface area (Å²) in [4.78, 5) is 10.5. The lowest BCUT2D eigenvalue weighted by atomic mass is 10.1. The van der Waals surface area contributed by atoms with Gasteiger partial charge in [-0.25, -0.2) is 4.79 Å². The van der Waals surface area contributed by atoms with E-state index in [0.29, 0.717) is 5.01 Å². The highest BCUT2D eigenvalue weighted by Gasteiger charge is 2.07. The second-order valence-electron chi connectivity index (χ2n) is 3.85. The maximum atomic E-state index is 10.5. The Morgan fingerprint density at radius 2 is 1.89 bits per heavy atom. The molecule has 98 valence electrons. The average molecular weight is 276 g/mol. The summed E-state index contributed by atoms with van der Waals surface area (Å²) in [6, 6.07) is 10.0. The summed E-state index contributed by atoms with van der Waals surface area (Å²) in [6.07, 6.45) is 2.69. The molecule has 0 amide bonds. The van der Waals surface area contributed by atoms with E-state index in [1.54, 1.807) is 0 Å². The summed E-state index contributed by atoms with van der Waals surface area (Å²) < 4.78 is 0. The van der Waals surface area contributed by atoms with Gasteiger partial charge in [-0.2, -0.15) is 0 Å². The molecular formula is C13H12N2O3S. The largest absolute Gasteiger partial charge is 0.502 e. The summed E-state index contributed by atoms with van der Waals surface area (Å²) in [6.45, 7) is 0. The van der Waals surface area contributed by atoms with E-state index in [9.17, 15) is 4.79 Å². The number of aromatic nitrogens is 2. The number of aliphatic carboxylic acids is 1. The molecule has 0 fully saturated rings. The molecule has 0 aliphatic heterocycles. The zero-order chi connectivity index (χ0) is 13.7. The van der Waals surface area contributed by atoms with E-state index in [2.05, 4.69) is 10.2 Å². The third-order valence-corrected chi connectivity index (χ3v) is 3.36. The smallest absolute Gasteiger partial charge is 0.371 e. The van der Waals surface area contributed by atoms with Crippen LogP contribution in [0.1, 0.15) is 15.6 Å². The molecule has 1 aromatic heterocycles. The number of hydrogen-bond donors (Lipinski definition) is 2. The quantitative estimate of drug-likeness (QED) is 0.646. The summed E-state index contributed by atoms with van der Waals surface area (Å²) >= 11 is 1.28. The van der Waals surface area contributed by atoms with Crippen LogP contribution in [0.25, 0.3) is 6.08 Å². The molecule has 5 nitrogen and oxygen atoms in total. The first-order valence-electron chi connectivity index (χ1n) is 5.65. The summed E-state index contributed by atoms with van der Waals surface area (Å²) in [5.41, 5.74) is 1.21. The highest BCUT2D eigenvalue weighted by atomic mass is 32.1. The average Bonchev–Trinajstić information content (AvgIpc) is 2.85. The van der Waals surface area contributed by atoms with Gasteiger partial charge in [0, 0.05) is 12.5 Å². The number of aliphatic hydroxyl groups excluding tert-OH is 1. The Labute approximate surface area is 113 Å². The maximum absolute atomic E-state index is 10.5. The summed E-state index contributed by atoms with van der Waals surface area (Å²) in [5.74, 6) is -2.10. The van der Waals surface area contributed by atoms with Gasteiger partial charge in [-0.05, 0) is 12.0 Å². The molecule has 0 atom stereocenters. The van der Waals surface area contributed by atoms with Crippen LogP contribution in [0, 0.1) is 0 Å². The molecule has 19 heavy (non-hydrogen) atoms. The van der Waals surface area contributed by atoms with Crippen molar-refractivity contribution < 1.29 is 15.0 Å². The number of aliphatic hydroxyl groups is 1. The Hall–Kier alpha value is -2.21. The number of hydrogen-bond acceptors (Lipinski definition) is 5. The number of carboxylic acids is 1. The van der Waals surface area contributed by atoms with Crippen molar-refractivity contribution in [1.29, 1.82) is 0 Å². The molecule has 2 aromatic rings. The van der Waals surface area contributed by atoms with Crippen molar-refractivity contribution in [3.8, 4) is 0 Å². The summed E-state index contributed by atoms with van der Waals surface area (Å²) in [5, 5.41) is 26.6. The molecule has 0 aliphatic rings. The van der Waals surface area contributed by atoms with Crippen LogP contribution in [0.5, 0.6) is 0 Å². The Balaban J connectivity index is 1.98. The number of carbonyl (C=O) groups is 1. The Morgan fingerprint density at radius 3 is 2.58 bits per heavy atom. The molecule has 0 bridgehead atoms. The fourth-order valence-electron chi connectivity index (χ4n) is 1.50. The predicted molar refractivity (Wildman–Crippen MR) is 72.0 cm³/mol. The highest BCUT2D eigenvalue weighted by molar-refractivity contribution is 7.12. The Kier molecular flexibility index (Phi) is 4.25. The lowest BCUT2D eigenvalue weighted by Gasteiger charge is -1.96. The standard InChI is InChI=1S/C13H12N2O3S/c16-10(13(17)18)8-12-15-14-11(19-12)7-6-9-4-2-1-3-5-9/h1-5,8,16H,6-7H2,(H,17,18)/b10-8-. The van der Waals surface area contributed by atoms with Gasteiger partial charge >= 0.3 is 5.97 Å². The second kappa shape index (κ2) is 6.10. The fraction of sp³-hybridized carbons (Fsp3) is 0.154. The lowest BCUT2D eigenvalue weighted by Crippen LogP contribution is -1.98. The summed E-state index contributed by atoms with van der Waals surface area (Å²) in [7, 11) is 0. The topological polar surface area (TPSA) is 83.3 Å². The van der Waals surface area contributed by atoms with Gasteiger partial charge in [0.1, 0.15) is 10.0 Å². The van der Waals surface area contributed by atoms with E-state index in [-0.39, 0.29) is 0 Å². The molecule has 0 aliphatic carbocycles. The number of aryl methyl sites for hydroxylation is 2. The molecule has 0 radical (unpaired) electrons. The first-order valence-corrected chi connectivity index (χ1v) is 6.47. The van der Waals surface area contributed by atoms with Crippen LogP contribution in [0.3, 0.4) is 0 Å². The second-order valence-corrected chi connectivity index (χ2v) is 4.95. The highest BCUT2D eigenvalue weighted by Crippen LogP contribution is 2.15. The van der Waals surface area contributed by atoms with E-state index in [0.717, 1.165) is 23.9 Å². The van der Waals surface area contributed by atoms with E-state index in [1.165, 1.54) is 16.9 Å². The van der Waals surface area contributed by atoms with Crippen LogP contribution in [0.4, 0.5) is 0 Å². The van der Waals surface area contributed by atoms with E-state index in [1.807, 2.05) is 30.3 Å². The van der Waals surface area contributed by atoms with Gasteiger partial charge in [0.25, 0.3) is 0 Å². The van der Waals surface area contributed by atoms with Gasteiger partial charge in [-0.3, -0.25) is 0 Å². The van der Waals surface area contributed by atoms with Gasteiger partial charge in [0.2, 0.25) is 5.76 Å². The normalized spacial score (nSPS) is 11.5. The van der Waals surface area contributed by atoms with Crippen LogP contribution in [-0.2, 0) is 17.6 Å². The Bertz CT molecular complexity index is 593. The van der Waals surface area contributed by atoms with Crippen molar-refractivity contribution in [3.05, 3.63) is 51.7 Å². The molecule has 6 heteroatoms. The van der Waals surface area contributed by atoms with E-state index < -0.39 is 11.7 Å². The minimum Gasteiger partial charge on any atom is -0.502 e. The van der Waals surface area contributed by atoms with Crippen molar-refractivity contribution in [2.24, 2.45) is 0 Å². The van der Waals surface area contributed by atoms with E-state index in [4.69, 9.17) is 10.2 Å².